The number of fused-ring (bicyclic) bond motifs is 3. The van der Waals surface area contributed by atoms with Gasteiger partial charge in [-0.15, -0.1) is 10.2 Å². The molecule has 2 aromatic heterocycles. The predicted molar refractivity (Wildman–Crippen MR) is 121 cm³/mol. The van der Waals surface area contributed by atoms with Crippen molar-refractivity contribution in [3.63, 3.8) is 0 Å². The topological polar surface area (TPSA) is 79.1 Å². The summed E-state index contributed by atoms with van der Waals surface area (Å²) in [5.74, 6) is 1.16. The standard InChI is InChI=1S/C24H26N6O/c1-29-14-17(13-25-29)15-4-7-21(23(31)10-15)22-9-16-3-2-8-30(24(16)28-27-22)20-11-18-5-6-19(12-20)26-18/h2-4,7,9-10,13-14,18-20,26,31H,5-6,8,11-12H2,1H3. The average Bonchev–Trinajstić information content (AvgIpc) is 3.37. The van der Waals surface area contributed by atoms with Crippen LogP contribution in [0.4, 0.5) is 5.82 Å². The fourth-order valence-corrected chi connectivity index (χ4v) is 5.36. The molecule has 31 heavy (non-hydrogen) atoms. The number of phenolic OH excluding ortho intramolecular Hbond substituents is 1. The van der Waals surface area contributed by atoms with E-state index >= 15 is 0 Å². The van der Waals surface area contributed by atoms with Crippen LogP contribution in [0.2, 0.25) is 0 Å². The van der Waals surface area contributed by atoms with E-state index in [0.29, 0.717) is 29.4 Å². The van der Waals surface area contributed by atoms with Gasteiger partial charge >= 0.3 is 0 Å². The van der Waals surface area contributed by atoms with Crippen molar-refractivity contribution in [2.45, 2.75) is 43.8 Å². The van der Waals surface area contributed by atoms with Crippen molar-refractivity contribution in [3.8, 4) is 28.1 Å². The summed E-state index contributed by atoms with van der Waals surface area (Å²) in [7, 11) is 1.88. The molecule has 2 bridgehead atoms. The molecule has 3 aliphatic rings. The third-order valence-corrected chi connectivity index (χ3v) is 6.88. The molecule has 0 radical (unpaired) electrons. The monoisotopic (exact) mass is 414 g/mol. The number of anilines is 1. The second-order valence-corrected chi connectivity index (χ2v) is 8.96. The van der Waals surface area contributed by atoms with Crippen molar-refractivity contribution >= 4 is 11.9 Å². The molecule has 0 amide bonds. The molecule has 6 rings (SSSR count). The smallest absolute Gasteiger partial charge is 0.159 e. The number of hydrogen-bond acceptors (Lipinski definition) is 6. The minimum absolute atomic E-state index is 0.196. The zero-order chi connectivity index (χ0) is 20.9. The summed E-state index contributed by atoms with van der Waals surface area (Å²) in [6.45, 7) is 0.885. The Morgan fingerprint density at radius 1 is 1.06 bits per heavy atom. The van der Waals surface area contributed by atoms with Crippen LogP contribution in [0.5, 0.6) is 5.75 Å². The van der Waals surface area contributed by atoms with E-state index in [4.69, 9.17) is 0 Å². The SMILES string of the molecule is Cn1cc(-c2ccc(-c3cc4c(nn3)N(C3CC5CCC(C3)N5)CC=C4)c(O)c2)cn1. The number of benzene rings is 1. The Bertz CT molecular complexity index is 1160. The lowest BCUT2D eigenvalue weighted by Gasteiger charge is -2.39. The molecule has 7 nitrogen and oxygen atoms in total. The van der Waals surface area contributed by atoms with E-state index in [-0.39, 0.29) is 5.75 Å². The molecule has 1 aromatic carbocycles. The van der Waals surface area contributed by atoms with Gasteiger partial charge in [0.25, 0.3) is 0 Å². The molecule has 0 saturated carbocycles. The zero-order valence-electron chi connectivity index (χ0n) is 17.6. The third kappa shape index (κ3) is 3.29. The van der Waals surface area contributed by atoms with Crippen molar-refractivity contribution in [2.24, 2.45) is 7.05 Å². The summed E-state index contributed by atoms with van der Waals surface area (Å²) < 4.78 is 1.75. The molecule has 5 heterocycles. The number of rotatable bonds is 3. The number of phenols is 1. The van der Waals surface area contributed by atoms with Gasteiger partial charge in [0.05, 0.1) is 11.9 Å². The van der Waals surface area contributed by atoms with Crippen molar-refractivity contribution in [1.82, 2.24) is 25.3 Å². The van der Waals surface area contributed by atoms with Crippen LogP contribution in [0.25, 0.3) is 28.5 Å². The van der Waals surface area contributed by atoms with Crippen molar-refractivity contribution in [3.05, 3.63) is 48.3 Å². The molecule has 2 atom stereocenters. The number of piperidine rings is 1. The van der Waals surface area contributed by atoms with E-state index in [9.17, 15) is 5.11 Å². The predicted octanol–water partition coefficient (Wildman–Crippen LogP) is 3.37. The highest BCUT2D eigenvalue weighted by molar-refractivity contribution is 5.77. The third-order valence-electron chi connectivity index (χ3n) is 6.88. The molecule has 158 valence electrons. The number of aromatic hydroxyl groups is 1. The molecular formula is C24H26N6O. The number of nitrogens with one attached hydrogen (secondary N) is 1. The van der Waals surface area contributed by atoms with Crippen LogP contribution < -0.4 is 10.2 Å². The van der Waals surface area contributed by atoms with Gasteiger partial charge in [-0.2, -0.15) is 5.10 Å². The Labute approximate surface area is 181 Å². The number of aryl methyl sites for hydroxylation is 1. The van der Waals surface area contributed by atoms with Gasteiger partial charge in [0.2, 0.25) is 0 Å². The van der Waals surface area contributed by atoms with Crippen LogP contribution >= 0.6 is 0 Å². The van der Waals surface area contributed by atoms with Gasteiger partial charge in [0, 0.05) is 54.6 Å². The Morgan fingerprint density at radius 3 is 2.65 bits per heavy atom. The van der Waals surface area contributed by atoms with Gasteiger partial charge in [0.15, 0.2) is 5.82 Å². The highest BCUT2D eigenvalue weighted by atomic mass is 16.3. The first-order valence-corrected chi connectivity index (χ1v) is 11.0. The summed E-state index contributed by atoms with van der Waals surface area (Å²) >= 11 is 0. The Hall–Kier alpha value is -3.19. The summed E-state index contributed by atoms with van der Waals surface area (Å²) in [5.41, 5.74) is 4.33. The summed E-state index contributed by atoms with van der Waals surface area (Å²) in [5, 5.41) is 27.8. The maximum atomic E-state index is 10.7. The van der Waals surface area contributed by atoms with Crippen LogP contribution in [-0.2, 0) is 7.05 Å². The van der Waals surface area contributed by atoms with Crippen LogP contribution in [0.3, 0.4) is 0 Å². The van der Waals surface area contributed by atoms with Gasteiger partial charge in [0.1, 0.15) is 5.75 Å². The molecule has 2 unspecified atom stereocenters. The molecule has 7 heteroatoms. The molecule has 3 aromatic rings. The van der Waals surface area contributed by atoms with Crippen molar-refractivity contribution < 1.29 is 5.11 Å². The van der Waals surface area contributed by atoms with Crippen LogP contribution in [0.15, 0.2) is 42.7 Å². The Morgan fingerprint density at radius 2 is 1.90 bits per heavy atom. The fourth-order valence-electron chi connectivity index (χ4n) is 5.36. The van der Waals surface area contributed by atoms with E-state index in [2.05, 4.69) is 37.7 Å². The Kier molecular flexibility index (Phi) is 4.31. The highest BCUT2D eigenvalue weighted by Gasteiger charge is 2.37. The molecule has 2 N–H and O–H groups in total. The molecular weight excluding hydrogens is 388 g/mol. The fraction of sp³-hybridized carbons (Fsp3) is 0.375. The zero-order valence-corrected chi connectivity index (χ0v) is 17.6. The highest BCUT2D eigenvalue weighted by Crippen LogP contribution is 2.37. The van der Waals surface area contributed by atoms with Crippen LogP contribution in [-0.4, -0.2) is 49.8 Å². The van der Waals surface area contributed by atoms with Crippen molar-refractivity contribution in [2.75, 3.05) is 11.4 Å². The second kappa shape index (κ2) is 7.20. The van der Waals surface area contributed by atoms with Crippen LogP contribution in [0, 0.1) is 0 Å². The summed E-state index contributed by atoms with van der Waals surface area (Å²) in [4.78, 5) is 2.42. The van der Waals surface area contributed by atoms with E-state index in [1.54, 1.807) is 16.9 Å². The van der Waals surface area contributed by atoms with Gasteiger partial charge in [-0.1, -0.05) is 18.2 Å². The quantitative estimate of drug-likeness (QED) is 0.684. The number of nitrogens with zero attached hydrogens (tertiary/aromatic N) is 5. The molecule has 0 spiro atoms. The van der Waals surface area contributed by atoms with Gasteiger partial charge in [-0.05, 0) is 49.4 Å². The van der Waals surface area contributed by atoms with E-state index < -0.39 is 0 Å². The number of aromatic nitrogens is 4. The van der Waals surface area contributed by atoms with Crippen molar-refractivity contribution in [1.29, 1.82) is 0 Å². The lowest BCUT2D eigenvalue weighted by molar-refractivity contribution is 0.349. The van der Waals surface area contributed by atoms with Gasteiger partial charge in [-0.3, -0.25) is 4.68 Å². The molecule has 3 aliphatic heterocycles. The molecule has 2 fully saturated rings. The number of hydrogen-bond donors (Lipinski definition) is 2. The van der Waals surface area contributed by atoms with E-state index in [0.717, 1.165) is 29.1 Å². The van der Waals surface area contributed by atoms with E-state index in [1.165, 1.54) is 25.7 Å². The van der Waals surface area contributed by atoms with Gasteiger partial charge in [-0.25, -0.2) is 0 Å². The average molecular weight is 415 g/mol. The first-order valence-electron chi connectivity index (χ1n) is 11.0. The largest absolute Gasteiger partial charge is 0.507 e. The molecule has 0 aliphatic carbocycles. The second-order valence-electron chi connectivity index (χ2n) is 8.96. The molecule has 2 saturated heterocycles. The first-order chi connectivity index (χ1) is 15.1. The minimum atomic E-state index is 0.196. The van der Waals surface area contributed by atoms with Gasteiger partial charge < -0.3 is 15.3 Å². The maximum Gasteiger partial charge on any atom is 0.159 e. The maximum absolute atomic E-state index is 10.7. The van der Waals surface area contributed by atoms with E-state index in [1.807, 2.05) is 31.4 Å². The Balaban J connectivity index is 1.30. The van der Waals surface area contributed by atoms with Crippen LogP contribution in [0.1, 0.15) is 31.2 Å². The first kappa shape index (κ1) is 18.6. The summed E-state index contributed by atoms with van der Waals surface area (Å²) in [6.07, 6.45) is 13.0. The normalized spacial score (nSPS) is 24.4. The lowest BCUT2D eigenvalue weighted by Crippen LogP contribution is -2.49. The lowest BCUT2D eigenvalue weighted by atomic mass is 9.96. The summed E-state index contributed by atoms with van der Waals surface area (Å²) in [6, 6.07) is 9.49. The minimum Gasteiger partial charge on any atom is -0.507 e.